The minimum atomic E-state index is 0.132. The fourth-order valence-electron chi connectivity index (χ4n) is 4.08. The number of carbonyl (C=O) groups excluding carboxylic acids is 1. The number of fused-ring (bicyclic) bond motifs is 1. The van der Waals surface area contributed by atoms with Gasteiger partial charge in [0.15, 0.2) is 5.65 Å². The van der Waals surface area contributed by atoms with Crippen molar-refractivity contribution < 1.29 is 9.53 Å². The summed E-state index contributed by atoms with van der Waals surface area (Å²) in [6.45, 7) is 5.72. The average molecular weight is 393 g/mol. The monoisotopic (exact) mass is 393 g/mol. The zero-order valence-electron chi connectivity index (χ0n) is 17.0. The minimum absolute atomic E-state index is 0.132. The molecule has 1 aliphatic rings. The molecule has 7 heteroatoms. The Hall–Kier alpha value is -2.93. The van der Waals surface area contributed by atoms with Crippen molar-refractivity contribution in [3.05, 3.63) is 60.3 Å². The zero-order valence-corrected chi connectivity index (χ0v) is 17.0. The third-order valence-electron chi connectivity index (χ3n) is 5.54. The fourth-order valence-corrected chi connectivity index (χ4v) is 4.08. The predicted octanol–water partition coefficient (Wildman–Crippen LogP) is 2.26. The third kappa shape index (κ3) is 4.56. The van der Waals surface area contributed by atoms with E-state index in [9.17, 15) is 4.79 Å². The van der Waals surface area contributed by atoms with Crippen LogP contribution in [0.2, 0.25) is 0 Å². The first-order valence-electron chi connectivity index (χ1n) is 9.99. The summed E-state index contributed by atoms with van der Waals surface area (Å²) in [5.41, 5.74) is 3.03. The van der Waals surface area contributed by atoms with Gasteiger partial charge in [-0.2, -0.15) is 0 Å². The number of hydrogen-bond acceptors (Lipinski definition) is 5. The molecule has 1 unspecified atom stereocenters. The van der Waals surface area contributed by atoms with Gasteiger partial charge in [-0.3, -0.25) is 14.7 Å². The SMILES string of the molecule is COc1ccccc1CN1CCN(C(C)=O)CC(Cc2cn3ccnc3cn2)C1. The van der Waals surface area contributed by atoms with E-state index in [-0.39, 0.29) is 5.91 Å². The van der Waals surface area contributed by atoms with Gasteiger partial charge in [-0.05, 0) is 18.4 Å². The van der Waals surface area contributed by atoms with Crippen LogP contribution in [0.25, 0.3) is 5.65 Å². The number of carbonyl (C=O) groups is 1. The molecule has 3 heterocycles. The van der Waals surface area contributed by atoms with E-state index in [4.69, 9.17) is 4.74 Å². The molecular weight excluding hydrogens is 366 g/mol. The standard InChI is InChI=1S/C22H27N5O2/c1-17(28)26-10-9-25(15-19-5-3-4-6-21(19)29-2)13-18(14-26)11-20-16-27-8-7-23-22(27)12-24-20/h3-8,12,16,18H,9-11,13-15H2,1-2H3. The van der Waals surface area contributed by atoms with E-state index >= 15 is 0 Å². The molecule has 0 saturated carbocycles. The number of amides is 1. The van der Waals surface area contributed by atoms with Crippen LogP contribution in [0, 0.1) is 5.92 Å². The Balaban J connectivity index is 1.52. The lowest BCUT2D eigenvalue weighted by Crippen LogP contribution is -2.34. The Morgan fingerprint density at radius 1 is 1.21 bits per heavy atom. The Morgan fingerprint density at radius 2 is 2.07 bits per heavy atom. The van der Waals surface area contributed by atoms with Gasteiger partial charge in [0.05, 0.1) is 19.0 Å². The highest BCUT2D eigenvalue weighted by Gasteiger charge is 2.25. The molecule has 7 nitrogen and oxygen atoms in total. The lowest BCUT2D eigenvalue weighted by Gasteiger charge is -2.24. The van der Waals surface area contributed by atoms with Crippen LogP contribution in [-0.4, -0.2) is 63.4 Å². The molecule has 152 valence electrons. The molecule has 1 aromatic carbocycles. The summed E-state index contributed by atoms with van der Waals surface area (Å²) in [4.78, 5) is 25.3. The number of ether oxygens (including phenoxy) is 1. The van der Waals surface area contributed by atoms with Crippen LogP contribution in [0.4, 0.5) is 0 Å². The second-order valence-corrected chi connectivity index (χ2v) is 7.65. The number of hydrogen-bond donors (Lipinski definition) is 0. The number of aromatic nitrogens is 3. The van der Waals surface area contributed by atoms with Gasteiger partial charge in [-0.15, -0.1) is 0 Å². The molecule has 4 rings (SSSR count). The van der Waals surface area contributed by atoms with Gasteiger partial charge in [-0.25, -0.2) is 4.98 Å². The molecule has 0 spiro atoms. The van der Waals surface area contributed by atoms with Gasteiger partial charge in [0.2, 0.25) is 5.91 Å². The number of imidazole rings is 1. The van der Waals surface area contributed by atoms with Crippen LogP contribution in [-0.2, 0) is 17.8 Å². The highest BCUT2D eigenvalue weighted by Crippen LogP contribution is 2.22. The molecule has 0 radical (unpaired) electrons. The van der Waals surface area contributed by atoms with Crippen molar-refractivity contribution in [3.63, 3.8) is 0 Å². The molecular formula is C22H27N5O2. The molecule has 3 aromatic rings. The smallest absolute Gasteiger partial charge is 0.219 e. The Kier molecular flexibility index (Phi) is 5.76. The van der Waals surface area contributed by atoms with Crippen molar-refractivity contribution in [2.75, 3.05) is 33.3 Å². The normalized spacial score (nSPS) is 18.0. The zero-order chi connectivity index (χ0) is 20.2. The van der Waals surface area contributed by atoms with Crippen molar-refractivity contribution in [1.29, 1.82) is 0 Å². The number of para-hydroxylation sites is 1. The molecule has 1 saturated heterocycles. The lowest BCUT2D eigenvalue weighted by molar-refractivity contribution is -0.129. The second-order valence-electron chi connectivity index (χ2n) is 7.65. The first-order chi connectivity index (χ1) is 14.1. The number of rotatable bonds is 5. The molecule has 0 N–H and O–H groups in total. The van der Waals surface area contributed by atoms with E-state index < -0.39 is 0 Å². The molecule has 29 heavy (non-hydrogen) atoms. The van der Waals surface area contributed by atoms with E-state index in [1.54, 1.807) is 26.4 Å². The van der Waals surface area contributed by atoms with E-state index in [1.807, 2.05) is 39.9 Å². The minimum Gasteiger partial charge on any atom is -0.496 e. The highest BCUT2D eigenvalue weighted by molar-refractivity contribution is 5.73. The second kappa shape index (κ2) is 8.61. The van der Waals surface area contributed by atoms with E-state index in [2.05, 4.69) is 20.9 Å². The molecule has 0 aliphatic carbocycles. The summed E-state index contributed by atoms with van der Waals surface area (Å²) < 4.78 is 7.52. The van der Waals surface area contributed by atoms with Crippen molar-refractivity contribution in [3.8, 4) is 5.75 Å². The molecule has 1 amide bonds. The summed E-state index contributed by atoms with van der Waals surface area (Å²) >= 11 is 0. The highest BCUT2D eigenvalue weighted by atomic mass is 16.5. The van der Waals surface area contributed by atoms with Crippen molar-refractivity contribution in [2.45, 2.75) is 19.9 Å². The maximum absolute atomic E-state index is 12.1. The van der Waals surface area contributed by atoms with Gasteiger partial charge in [0, 0.05) is 63.8 Å². The van der Waals surface area contributed by atoms with E-state index in [1.165, 1.54) is 5.56 Å². The number of benzene rings is 1. The number of nitrogens with zero attached hydrogens (tertiary/aromatic N) is 5. The summed E-state index contributed by atoms with van der Waals surface area (Å²) in [7, 11) is 1.71. The average Bonchev–Trinajstić information content (AvgIpc) is 3.09. The predicted molar refractivity (Wildman–Crippen MR) is 111 cm³/mol. The molecule has 0 bridgehead atoms. The van der Waals surface area contributed by atoms with Crippen LogP contribution in [0.1, 0.15) is 18.2 Å². The first-order valence-corrected chi connectivity index (χ1v) is 9.99. The van der Waals surface area contributed by atoms with Crippen LogP contribution in [0.5, 0.6) is 5.75 Å². The van der Waals surface area contributed by atoms with Crippen LogP contribution < -0.4 is 4.74 Å². The third-order valence-corrected chi connectivity index (χ3v) is 5.54. The molecule has 1 fully saturated rings. The van der Waals surface area contributed by atoms with E-state index in [0.29, 0.717) is 5.92 Å². The maximum atomic E-state index is 12.1. The van der Waals surface area contributed by atoms with Crippen molar-refractivity contribution in [1.82, 2.24) is 24.2 Å². The van der Waals surface area contributed by atoms with Crippen molar-refractivity contribution in [2.24, 2.45) is 5.92 Å². The molecule has 2 aromatic heterocycles. The van der Waals surface area contributed by atoms with Crippen LogP contribution >= 0.6 is 0 Å². The molecule has 1 aliphatic heterocycles. The Morgan fingerprint density at radius 3 is 2.90 bits per heavy atom. The number of methoxy groups -OCH3 is 1. The Bertz CT molecular complexity index is 986. The quantitative estimate of drug-likeness (QED) is 0.665. The van der Waals surface area contributed by atoms with Gasteiger partial charge in [0.1, 0.15) is 5.75 Å². The maximum Gasteiger partial charge on any atom is 0.219 e. The molecule has 1 atom stereocenters. The van der Waals surface area contributed by atoms with Gasteiger partial charge in [0.25, 0.3) is 0 Å². The fraction of sp³-hybridized carbons (Fsp3) is 0.409. The van der Waals surface area contributed by atoms with Crippen LogP contribution in [0.3, 0.4) is 0 Å². The van der Waals surface area contributed by atoms with Gasteiger partial charge < -0.3 is 14.0 Å². The Labute approximate surface area is 170 Å². The van der Waals surface area contributed by atoms with Crippen LogP contribution in [0.15, 0.2) is 49.1 Å². The summed E-state index contributed by atoms with van der Waals surface area (Å²) in [6, 6.07) is 8.13. The first kappa shape index (κ1) is 19.4. The van der Waals surface area contributed by atoms with E-state index in [0.717, 1.165) is 56.2 Å². The summed E-state index contributed by atoms with van der Waals surface area (Å²) in [6.07, 6.45) is 8.37. The van der Waals surface area contributed by atoms with Gasteiger partial charge >= 0.3 is 0 Å². The van der Waals surface area contributed by atoms with Crippen molar-refractivity contribution >= 4 is 11.6 Å². The summed E-state index contributed by atoms with van der Waals surface area (Å²) in [5.74, 6) is 1.35. The lowest BCUT2D eigenvalue weighted by atomic mass is 10.0. The largest absolute Gasteiger partial charge is 0.496 e. The summed E-state index contributed by atoms with van der Waals surface area (Å²) in [5, 5.41) is 0. The van der Waals surface area contributed by atoms with Gasteiger partial charge in [-0.1, -0.05) is 18.2 Å². The topological polar surface area (TPSA) is 63.0 Å².